The normalized spacial score (nSPS) is 24.4. The van der Waals surface area contributed by atoms with Crippen molar-refractivity contribution in [2.45, 2.75) is 37.8 Å². The number of nitrogens with one attached hydrogen (secondary N) is 1. The van der Waals surface area contributed by atoms with Gasteiger partial charge in [-0.1, -0.05) is 12.1 Å². The number of carbonyl (C=O) groups is 1. The highest BCUT2D eigenvalue weighted by Gasteiger charge is 2.22. The van der Waals surface area contributed by atoms with Crippen LogP contribution in [0.15, 0.2) is 28.7 Å². The average Bonchev–Trinajstić information content (AvgIpc) is 2.29. The van der Waals surface area contributed by atoms with Crippen LogP contribution in [0.4, 0.5) is 0 Å². The molecule has 0 aromatic heterocycles. The van der Waals surface area contributed by atoms with Crippen molar-refractivity contribution in [3.8, 4) is 0 Å². The Labute approximate surface area is 109 Å². The second kappa shape index (κ2) is 5.65. The summed E-state index contributed by atoms with van der Waals surface area (Å²) in [5.41, 5.74) is 0.646. The van der Waals surface area contributed by atoms with Gasteiger partial charge in [0.25, 0.3) is 5.91 Å². The van der Waals surface area contributed by atoms with Gasteiger partial charge in [0.05, 0.1) is 11.7 Å². The predicted molar refractivity (Wildman–Crippen MR) is 69.9 cm³/mol. The third kappa shape index (κ3) is 3.30. The van der Waals surface area contributed by atoms with Gasteiger partial charge in [-0.2, -0.15) is 0 Å². The highest BCUT2D eigenvalue weighted by molar-refractivity contribution is 9.10. The van der Waals surface area contributed by atoms with Crippen LogP contribution < -0.4 is 5.32 Å². The van der Waals surface area contributed by atoms with Gasteiger partial charge in [0.2, 0.25) is 0 Å². The van der Waals surface area contributed by atoms with E-state index in [1.807, 2.05) is 18.2 Å². The van der Waals surface area contributed by atoms with Crippen molar-refractivity contribution < 1.29 is 9.90 Å². The molecular formula is C13H16BrNO2. The average molecular weight is 298 g/mol. The molecule has 0 bridgehead atoms. The largest absolute Gasteiger partial charge is 0.393 e. The number of hydrogen-bond donors (Lipinski definition) is 2. The van der Waals surface area contributed by atoms with Crippen LogP contribution in [0.3, 0.4) is 0 Å². The summed E-state index contributed by atoms with van der Waals surface area (Å²) < 4.78 is 0.800. The van der Waals surface area contributed by atoms with Gasteiger partial charge < -0.3 is 10.4 Å². The minimum atomic E-state index is -0.270. The quantitative estimate of drug-likeness (QED) is 0.881. The van der Waals surface area contributed by atoms with Crippen molar-refractivity contribution in [1.29, 1.82) is 0 Å². The first kappa shape index (κ1) is 12.6. The Morgan fingerprint density at radius 3 is 2.82 bits per heavy atom. The summed E-state index contributed by atoms with van der Waals surface area (Å²) in [6, 6.07) is 7.46. The molecule has 1 aliphatic carbocycles. The van der Waals surface area contributed by atoms with Gasteiger partial charge in [-0.15, -0.1) is 0 Å². The molecule has 1 aliphatic rings. The van der Waals surface area contributed by atoms with Gasteiger partial charge in [-0.25, -0.2) is 0 Å². The van der Waals surface area contributed by atoms with E-state index in [1.54, 1.807) is 6.07 Å². The molecule has 1 amide bonds. The summed E-state index contributed by atoms with van der Waals surface area (Å²) in [5.74, 6) is -0.0726. The second-order valence-electron chi connectivity index (χ2n) is 4.47. The lowest BCUT2D eigenvalue weighted by Gasteiger charge is -2.26. The number of halogens is 1. The lowest BCUT2D eigenvalue weighted by Crippen LogP contribution is -2.39. The van der Waals surface area contributed by atoms with E-state index in [9.17, 15) is 9.90 Å². The SMILES string of the molecule is O=C(NC1CCCC(O)C1)c1ccccc1Br. The van der Waals surface area contributed by atoms with Gasteiger partial charge in [0, 0.05) is 10.5 Å². The van der Waals surface area contributed by atoms with E-state index < -0.39 is 0 Å². The smallest absolute Gasteiger partial charge is 0.252 e. The van der Waals surface area contributed by atoms with Crippen LogP contribution >= 0.6 is 15.9 Å². The maximum absolute atomic E-state index is 12.0. The Balaban J connectivity index is 1.99. The molecule has 4 heteroatoms. The van der Waals surface area contributed by atoms with Gasteiger partial charge in [-0.3, -0.25) is 4.79 Å². The highest BCUT2D eigenvalue weighted by atomic mass is 79.9. The Morgan fingerprint density at radius 2 is 2.12 bits per heavy atom. The first-order valence-corrected chi connectivity index (χ1v) is 6.69. The number of amides is 1. The number of hydrogen-bond acceptors (Lipinski definition) is 2. The van der Waals surface area contributed by atoms with Crippen LogP contribution in [0, 0.1) is 0 Å². The molecule has 3 nitrogen and oxygen atoms in total. The lowest BCUT2D eigenvalue weighted by atomic mass is 9.93. The topological polar surface area (TPSA) is 49.3 Å². The standard InChI is InChI=1S/C13H16BrNO2/c14-12-7-2-1-6-11(12)13(17)15-9-4-3-5-10(16)8-9/h1-2,6-7,9-10,16H,3-5,8H2,(H,15,17). The molecule has 17 heavy (non-hydrogen) atoms. The van der Waals surface area contributed by atoms with Gasteiger partial charge in [-0.05, 0) is 53.7 Å². The van der Waals surface area contributed by atoms with E-state index in [4.69, 9.17) is 0 Å². The van der Waals surface area contributed by atoms with Gasteiger partial charge >= 0.3 is 0 Å². The number of aliphatic hydroxyl groups is 1. The third-order valence-corrected chi connectivity index (χ3v) is 3.79. The van der Waals surface area contributed by atoms with Crippen molar-refractivity contribution in [1.82, 2.24) is 5.32 Å². The molecule has 2 atom stereocenters. The maximum Gasteiger partial charge on any atom is 0.252 e. The monoisotopic (exact) mass is 297 g/mol. The molecule has 0 aliphatic heterocycles. The van der Waals surface area contributed by atoms with Crippen molar-refractivity contribution >= 4 is 21.8 Å². The van der Waals surface area contributed by atoms with Crippen LogP contribution in [0.1, 0.15) is 36.0 Å². The van der Waals surface area contributed by atoms with E-state index in [0.29, 0.717) is 12.0 Å². The molecule has 0 saturated heterocycles. The van der Waals surface area contributed by atoms with Crippen molar-refractivity contribution in [3.63, 3.8) is 0 Å². The maximum atomic E-state index is 12.0. The highest BCUT2D eigenvalue weighted by Crippen LogP contribution is 2.20. The predicted octanol–water partition coefficient (Wildman–Crippen LogP) is 2.48. The number of rotatable bonds is 2. The number of benzene rings is 1. The first-order chi connectivity index (χ1) is 8.16. The third-order valence-electron chi connectivity index (χ3n) is 3.10. The van der Waals surface area contributed by atoms with E-state index in [-0.39, 0.29) is 18.1 Å². The molecular weight excluding hydrogens is 282 g/mol. The van der Waals surface area contributed by atoms with E-state index in [2.05, 4.69) is 21.2 Å². The minimum absolute atomic E-state index is 0.0726. The van der Waals surface area contributed by atoms with Crippen molar-refractivity contribution in [2.24, 2.45) is 0 Å². The van der Waals surface area contributed by atoms with Crippen LogP contribution in [0.5, 0.6) is 0 Å². The fourth-order valence-corrected chi connectivity index (χ4v) is 2.67. The molecule has 2 unspecified atom stereocenters. The van der Waals surface area contributed by atoms with Crippen molar-refractivity contribution in [2.75, 3.05) is 0 Å². The van der Waals surface area contributed by atoms with E-state index in [1.165, 1.54) is 0 Å². The molecule has 0 heterocycles. The Kier molecular flexibility index (Phi) is 4.18. The van der Waals surface area contributed by atoms with E-state index >= 15 is 0 Å². The Hall–Kier alpha value is -0.870. The summed E-state index contributed by atoms with van der Waals surface area (Å²) in [7, 11) is 0. The minimum Gasteiger partial charge on any atom is -0.393 e. The first-order valence-electron chi connectivity index (χ1n) is 5.90. The molecule has 1 aromatic carbocycles. The van der Waals surface area contributed by atoms with Gasteiger partial charge in [0.15, 0.2) is 0 Å². The number of carbonyl (C=O) groups excluding carboxylic acids is 1. The summed E-state index contributed by atoms with van der Waals surface area (Å²) in [4.78, 5) is 12.0. The van der Waals surface area contributed by atoms with Crippen LogP contribution in [-0.2, 0) is 0 Å². The molecule has 0 radical (unpaired) electrons. The summed E-state index contributed by atoms with van der Waals surface area (Å²) >= 11 is 3.36. The lowest BCUT2D eigenvalue weighted by molar-refractivity contribution is 0.0849. The molecule has 92 valence electrons. The summed E-state index contributed by atoms with van der Waals surface area (Å²) in [5, 5.41) is 12.5. The molecule has 1 fully saturated rings. The zero-order chi connectivity index (χ0) is 12.3. The Morgan fingerprint density at radius 1 is 1.35 bits per heavy atom. The number of aliphatic hydroxyl groups excluding tert-OH is 1. The fraction of sp³-hybridized carbons (Fsp3) is 0.462. The molecule has 2 rings (SSSR count). The Bertz CT molecular complexity index is 408. The zero-order valence-electron chi connectivity index (χ0n) is 9.53. The van der Waals surface area contributed by atoms with Gasteiger partial charge in [0.1, 0.15) is 0 Å². The molecule has 1 aromatic rings. The van der Waals surface area contributed by atoms with Crippen molar-refractivity contribution in [3.05, 3.63) is 34.3 Å². The van der Waals surface area contributed by atoms with E-state index in [0.717, 1.165) is 23.7 Å². The molecule has 2 N–H and O–H groups in total. The zero-order valence-corrected chi connectivity index (χ0v) is 11.1. The molecule has 0 spiro atoms. The van der Waals surface area contributed by atoms with Crippen LogP contribution in [0.2, 0.25) is 0 Å². The fourth-order valence-electron chi connectivity index (χ4n) is 2.20. The second-order valence-corrected chi connectivity index (χ2v) is 5.32. The molecule has 1 saturated carbocycles. The summed E-state index contributed by atoms with van der Waals surface area (Å²) in [6.45, 7) is 0. The van der Waals surface area contributed by atoms with Crippen LogP contribution in [-0.4, -0.2) is 23.2 Å². The summed E-state index contributed by atoms with van der Waals surface area (Å²) in [6.07, 6.45) is 3.17. The van der Waals surface area contributed by atoms with Crippen LogP contribution in [0.25, 0.3) is 0 Å².